The average Bonchev–Trinajstić information content (AvgIpc) is 3.24. The molecule has 3 aromatic rings. The molecule has 7 nitrogen and oxygen atoms in total. The quantitative estimate of drug-likeness (QED) is 0.626. The Kier molecular flexibility index (Phi) is 4.78. The number of rotatable bonds is 5. The van der Waals surface area contributed by atoms with E-state index in [1.165, 1.54) is 0 Å². The first-order chi connectivity index (χ1) is 13.4. The summed E-state index contributed by atoms with van der Waals surface area (Å²) in [7, 11) is 0. The third-order valence-corrected chi connectivity index (χ3v) is 4.87. The molecule has 0 saturated carbocycles. The van der Waals surface area contributed by atoms with Gasteiger partial charge in [0.05, 0.1) is 16.6 Å². The number of nitrogens with zero attached hydrogens (tertiary/aromatic N) is 2. The number of aliphatic imine (C=N–C) groups is 1. The van der Waals surface area contributed by atoms with Gasteiger partial charge < -0.3 is 4.74 Å². The monoisotopic (exact) mass is 417 g/mol. The molecule has 0 amide bonds. The number of carbonyl (C=O) groups excluding carboxylic acids is 1. The van der Waals surface area contributed by atoms with Crippen LogP contribution >= 0.6 is 23.2 Å². The van der Waals surface area contributed by atoms with Gasteiger partial charge in [-0.1, -0.05) is 34.4 Å². The molecule has 0 radical (unpaired) electrons. The van der Waals surface area contributed by atoms with Gasteiger partial charge in [0.2, 0.25) is 11.6 Å². The highest BCUT2D eigenvalue weighted by atomic mass is 35.5. The maximum atomic E-state index is 12.1. The predicted octanol–water partition coefficient (Wildman–Crippen LogP) is 4.21. The number of halogens is 2. The molecule has 1 aliphatic rings. The van der Waals surface area contributed by atoms with Gasteiger partial charge >= 0.3 is 5.76 Å². The van der Waals surface area contributed by atoms with E-state index in [0.29, 0.717) is 23.6 Å². The second kappa shape index (κ2) is 7.26. The van der Waals surface area contributed by atoms with Crippen molar-refractivity contribution < 1.29 is 14.1 Å². The number of aromatic amines is 1. The number of benzene rings is 2. The number of ether oxygens (including phenoxy) is 1. The lowest BCUT2D eigenvalue weighted by atomic mass is 10.1. The summed E-state index contributed by atoms with van der Waals surface area (Å²) < 4.78 is 10.2. The van der Waals surface area contributed by atoms with Crippen molar-refractivity contribution in [3.8, 4) is 11.5 Å². The molecule has 142 valence electrons. The zero-order valence-corrected chi connectivity index (χ0v) is 16.1. The highest BCUT2D eigenvalue weighted by molar-refractivity contribution is 6.37. The van der Waals surface area contributed by atoms with Crippen LogP contribution in [-0.4, -0.2) is 21.6 Å². The number of nitrogens with one attached hydrogen (secondary N) is 1. The van der Waals surface area contributed by atoms with Crippen molar-refractivity contribution in [2.24, 2.45) is 4.99 Å². The van der Waals surface area contributed by atoms with E-state index in [-0.39, 0.29) is 22.3 Å². The molecular formula is C19H13Cl2N3O4. The Morgan fingerprint density at radius 1 is 1.25 bits per heavy atom. The maximum absolute atomic E-state index is 12.1. The molecular weight excluding hydrogens is 405 g/mol. The van der Waals surface area contributed by atoms with Gasteiger partial charge in [-0.05, 0) is 42.3 Å². The Bertz CT molecular complexity index is 1160. The SMILES string of the molecule is CC1=NCc2ccc(Oc3c(Cl)cc(CC(=O)c4noc(=O)[nH]4)cc3Cl)cc21. The molecule has 0 spiro atoms. The summed E-state index contributed by atoms with van der Waals surface area (Å²) in [5, 5.41) is 3.89. The Morgan fingerprint density at radius 2 is 2.00 bits per heavy atom. The largest absolute Gasteiger partial charge is 0.454 e. The first kappa shape index (κ1) is 18.5. The van der Waals surface area contributed by atoms with Crippen molar-refractivity contribution in [3.63, 3.8) is 0 Å². The molecule has 1 N–H and O–H groups in total. The molecule has 0 aliphatic carbocycles. The molecule has 2 aromatic carbocycles. The molecule has 0 saturated heterocycles. The highest BCUT2D eigenvalue weighted by Crippen LogP contribution is 2.38. The molecule has 0 bridgehead atoms. The van der Waals surface area contributed by atoms with Crippen molar-refractivity contribution in [2.75, 3.05) is 0 Å². The molecule has 0 unspecified atom stereocenters. The van der Waals surface area contributed by atoms with Crippen molar-refractivity contribution in [2.45, 2.75) is 19.9 Å². The van der Waals surface area contributed by atoms with E-state index < -0.39 is 11.5 Å². The fourth-order valence-corrected chi connectivity index (χ4v) is 3.54. The minimum absolute atomic E-state index is 0.0588. The van der Waals surface area contributed by atoms with Gasteiger partial charge in [0.15, 0.2) is 5.75 Å². The van der Waals surface area contributed by atoms with Crippen molar-refractivity contribution in [3.05, 3.63) is 73.4 Å². The fourth-order valence-electron chi connectivity index (χ4n) is 2.93. The van der Waals surface area contributed by atoms with Crippen molar-refractivity contribution in [1.29, 1.82) is 0 Å². The van der Waals surface area contributed by atoms with Gasteiger partial charge in [-0.3, -0.25) is 19.3 Å². The summed E-state index contributed by atoms with van der Waals surface area (Å²) in [5.41, 5.74) is 3.68. The molecule has 28 heavy (non-hydrogen) atoms. The number of Topliss-reactive ketones (excluding diaryl/α,β-unsaturated/α-hetero) is 1. The van der Waals surface area contributed by atoms with E-state index in [4.69, 9.17) is 27.9 Å². The van der Waals surface area contributed by atoms with Crippen LogP contribution in [0.4, 0.5) is 0 Å². The molecule has 4 rings (SSSR count). The molecule has 0 fully saturated rings. The van der Waals surface area contributed by atoms with E-state index >= 15 is 0 Å². The van der Waals surface area contributed by atoms with Gasteiger partial charge in [0, 0.05) is 17.7 Å². The van der Waals surface area contributed by atoms with Crippen LogP contribution in [0, 0.1) is 0 Å². The Labute approximate surface area is 168 Å². The Hall–Kier alpha value is -2.90. The van der Waals surface area contributed by atoms with Gasteiger partial charge in [-0.15, -0.1) is 0 Å². The van der Waals surface area contributed by atoms with Gasteiger partial charge in [0.25, 0.3) is 0 Å². The molecule has 1 aliphatic heterocycles. The maximum Gasteiger partial charge on any atom is 0.439 e. The number of aromatic nitrogens is 2. The molecule has 1 aromatic heterocycles. The Morgan fingerprint density at radius 3 is 2.68 bits per heavy atom. The summed E-state index contributed by atoms with van der Waals surface area (Å²) in [6.45, 7) is 2.62. The number of hydrogen-bond donors (Lipinski definition) is 1. The first-order valence-corrected chi connectivity index (χ1v) is 9.05. The lowest BCUT2D eigenvalue weighted by molar-refractivity contribution is 0.0980. The summed E-state index contributed by atoms with van der Waals surface area (Å²) in [6.07, 6.45) is -0.0588. The summed E-state index contributed by atoms with van der Waals surface area (Å²) in [4.78, 5) is 29.7. The van der Waals surface area contributed by atoms with Crippen LogP contribution in [0.25, 0.3) is 0 Å². The minimum Gasteiger partial charge on any atom is -0.454 e. The number of carbonyl (C=O) groups is 1. The van der Waals surface area contributed by atoms with E-state index in [2.05, 4.69) is 19.7 Å². The lowest BCUT2D eigenvalue weighted by Gasteiger charge is -2.12. The molecule has 2 heterocycles. The summed E-state index contributed by atoms with van der Waals surface area (Å²) >= 11 is 12.7. The van der Waals surface area contributed by atoms with Crippen LogP contribution in [0.15, 0.2) is 44.6 Å². The normalized spacial score (nSPS) is 12.6. The zero-order valence-electron chi connectivity index (χ0n) is 14.6. The topological polar surface area (TPSA) is 97.5 Å². The van der Waals surface area contributed by atoms with Crippen LogP contribution in [-0.2, 0) is 13.0 Å². The Balaban J connectivity index is 1.56. The van der Waals surface area contributed by atoms with E-state index in [9.17, 15) is 9.59 Å². The number of hydrogen-bond acceptors (Lipinski definition) is 6. The third kappa shape index (κ3) is 3.58. The van der Waals surface area contributed by atoms with Crippen LogP contribution in [0.1, 0.15) is 34.2 Å². The van der Waals surface area contributed by atoms with Crippen LogP contribution in [0.2, 0.25) is 10.0 Å². The average molecular weight is 418 g/mol. The predicted molar refractivity (Wildman–Crippen MR) is 104 cm³/mol. The third-order valence-electron chi connectivity index (χ3n) is 4.30. The molecule has 0 atom stereocenters. The minimum atomic E-state index is -0.794. The zero-order chi connectivity index (χ0) is 19.8. The van der Waals surface area contributed by atoms with E-state index in [1.807, 2.05) is 25.1 Å². The van der Waals surface area contributed by atoms with Crippen LogP contribution in [0.3, 0.4) is 0 Å². The smallest absolute Gasteiger partial charge is 0.439 e. The lowest BCUT2D eigenvalue weighted by Crippen LogP contribution is -2.08. The fraction of sp³-hybridized carbons (Fsp3) is 0.158. The van der Waals surface area contributed by atoms with Gasteiger partial charge in [0.1, 0.15) is 5.75 Å². The van der Waals surface area contributed by atoms with Gasteiger partial charge in [-0.2, -0.15) is 0 Å². The standard InChI is InChI=1S/C19H13Cl2N3O4/c1-9-13-7-12(3-2-11(13)8-22-9)27-17-14(20)4-10(5-15(17)21)6-16(25)18-23-19(26)28-24-18/h2-5,7H,6,8H2,1H3,(H,23,24,26). The van der Waals surface area contributed by atoms with Crippen molar-refractivity contribution in [1.82, 2.24) is 10.1 Å². The van der Waals surface area contributed by atoms with Crippen LogP contribution in [0.5, 0.6) is 11.5 Å². The summed E-state index contributed by atoms with van der Waals surface area (Å²) in [6, 6.07) is 8.85. The number of ketones is 1. The van der Waals surface area contributed by atoms with Crippen LogP contribution < -0.4 is 10.5 Å². The number of H-pyrrole nitrogens is 1. The second-order valence-electron chi connectivity index (χ2n) is 6.25. The first-order valence-electron chi connectivity index (χ1n) is 8.30. The second-order valence-corrected chi connectivity index (χ2v) is 7.07. The van der Waals surface area contributed by atoms with E-state index in [0.717, 1.165) is 16.8 Å². The highest BCUT2D eigenvalue weighted by Gasteiger charge is 2.18. The molecule has 9 heteroatoms. The van der Waals surface area contributed by atoms with E-state index in [1.54, 1.807) is 12.1 Å². The summed E-state index contributed by atoms with van der Waals surface area (Å²) in [5.74, 6) is -0.504. The van der Waals surface area contributed by atoms with Crippen molar-refractivity contribution >= 4 is 34.7 Å². The van der Waals surface area contributed by atoms with Gasteiger partial charge in [-0.25, -0.2) is 4.79 Å². The number of fused-ring (bicyclic) bond motifs is 1.